The monoisotopic (exact) mass is 309 g/mol. The predicted octanol–water partition coefficient (Wildman–Crippen LogP) is 3.31. The Hall–Kier alpha value is -1.59. The average Bonchev–Trinajstić information content (AvgIpc) is 2.87. The lowest BCUT2D eigenvalue weighted by Crippen LogP contribution is -2.31. The number of benzene rings is 1. The molecule has 3 rings (SSSR count). The molecular weight excluding hydrogens is 297 g/mol. The Morgan fingerprint density at radius 3 is 2.60 bits per heavy atom. The fourth-order valence-corrected chi connectivity index (χ4v) is 3.10. The SMILES string of the molecule is CCN1C(C)=CC(c2c(Cl)cccc2Cl)n2nnnc21. The maximum Gasteiger partial charge on any atom is 0.250 e. The molecule has 1 atom stereocenters. The first-order valence-corrected chi connectivity index (χ1v) is 7.06. The number of hydrogen-bond donors (Lipinski definition) is 0. The third-order valence-corrected chi connectivity index (χ3v) is 4.08. The van der Waals surface area contributed by atoms with Crippen molar-refractivity contribution < 1.29 is 0 Å². The number of rotatable bonds is 2. The Labute approximate surface area is 126 Å². The average molecular weight is 310 g/mol. The molecule has 0 N–H and O–H groups in total. The van der Waals surface area contributed by atoms with Gasteiger partial charge in [-0.05, 0) is 42.5 Å². The zero-order chi connectivity index (χ0) is 14.3. The van der Waals surface area contributed by atoms with Crippen molar-refractivity contribution in [3.05, 3.63) is 45.6 Å². The van der Waals surface area contributed by atoms with Crippen LogP contribution in [-0.2, 0) is 0 Å². The molecule has 0 fully saturated rings. The van der Waals surface area contributed by atoms with E-state index in [1.54, 1.807) is 4.68 Å². The van der Waals surface area contributed by atoms with E-state index in [1.165, 1.54) is 0 Å². The van der Waals surface area contributed by atoms with E-state index in [1.807, 2.05) is 30.0 Å². The molecule has 1 aromatic carbocycles. The molecule has 5 nitrogen and oxygen atoms in total. The standard InChI is InChI=1S/C13H13Cl2N5/c1-3-19-8(2)7-11(20-13(19)16-17-18-20)12-9(14)5-4-6-10(12)15/h4-7,11H,3H2,1-2H3. The van der Waals surface area contributed by atoms with Crippen LogP contribution in [0.5, 0.6) is 0 Å². The summed E-state index contributed by atoms with van der Waals surface area (Å²) in [5, 5.41) is 13.2. The van der Waals surface area contributed by atoms with Crippen LogP contribution in [0, 0.1) is 0 Å². The largest absolute Gasteiger partial charge is 0.314 e. The number of halogens is 2. The summed E-state index contributed by atoms with van der Waals surface area (Å²) in [6, 6.07) is 5.28. The molecular formula is C13H13Cl2N5. The second kappa shape index (κ2) is 5.07. The molecule has 1 unspecified atom stereocenters. The molecule has 0 bridgehead atoms. The summed E-state index contributed by atoms with van der Waals surface area (Å²) >= 11 is 12.6. The minimum Gasteiger partial charge on any atom is -0.314 e. The Bertz CT molecular complexity index is 659. The summed E-state index contributed by atoms with van der Waals surface area (Å²) in [7, 11) is 0. The maximum atomic E-state index is 6.31. The fraction of sp³-hybridized carbons (Fsp3) is 0.308. The number of nitrogens with zero attached hydrogens (tertiary/aromatic N) is 5. The highest BCUT2D eigenvalue weighted by molar-refractivity contribution is 6.36. The normalized spacial score (nSPS) is 17.9. The highest BCUT2D eigenvalue weighted by Gasteiger charge is 2.29. The number of anilines is 1. The zero-order valence-corrected chi connectivity index (χ0v) is 12.6. The number of hydrogen-bond acceptors (Lipinski definition) is 4. The zero-order valence-electron chi connectivity index (χ0n) is 11.1. The lowest BCUT2D eigenvalue weighted by atomic mass is 10.0. The lowest BCUT2D eigenvalue weighted by molar-refractivity contribution is 0.561. The summed E-state index contributed by atoms with van der Waals surface area (Å²) in [5.74, 6) is 0.702. The minimum atomic E-state index is -0.191. The van der Waals surface area contributed by atoms with Gasteiger partial charge in [-0.25, -0.2) is 0 Å². The van der Waals surface area contributed by atoms with Crippen LogP contribution in [0.15, 0.2) is 30.0 Å². The van der Waals surface area contributed by atoms with E-state index >= 15 is 0 Å². The van der Waals surface area contributed by atoms with Gasteiger partial charge in [0.2, 0.25) is 0 Å². The first-order chi connectivity index (χ1) is 9.63. The van der Waals surface area contributed by atoms with Gasteiger partial charge in [0.25, 0.3) is 5.95 Å². The summed E-state index contributed by atoms with van der Waals surface area (Å²) in [6.45, 7) is 4.88. The van der Waals surface area contributed by atoms with Crippen LogP contribution in [0.1, 0.15) is 25.5 Å². The molecule has 0 saturated heterocycles. The first kappa shape index (κ1) is 13.4. The van der Waals surface area contributed by atoms with Gasteiger partial charge in [0.1, 0.15) is 6.04 Å². The van der Waals surface area contributed by atoms with Crippen molar-refractivity contribution in [1.29, 1.82) is 0 Å². The van der Waals surface area contributed by atoms with Crippen LogP contribution in [0.3, 0.4) is 0 Å². The van der Waals surface area contributed by atoms with Crippen LogP contribution in [0.2, 0.25) is 10.0 Å². The lowest BCUT2D eigenvalue weighted by Gasteiger charge is -2.30. The second-order valence-corrected chi connectivity index (χ2v) is 5.37. The molecule has 1 aromatic heterocycles. The molecule has 20 heavy (non-hydrogen) atoms. The van der Waals surface area contributed by atoms with Crippen molar-refractivity contribution in [2.75, 3.05) is 11.4 Å². The van der Waals surface area contributed by atoms with E-state index in [0.29, 0.717) is 16.0 Å². The van der Waals surface area contributed by atoms with Crippen LogP contribution in [0.25, 0.3) is 0 Å². The Morgan fingerprint density at radius 1 is 1.25 bits per heavy atom. The molecule has 1 aliphatic rings. The van der Waals surface area contributed by atoms with E-state index in [0.717, 1.165) is 17.8 Å². The first-order valence-electron chi connectivity index (χ1n) is 6.31. The Morgan fingerprint density at radius 2 is 1.95 bits per heavy atom. The van der Waals surface area contributed by atoms with Crippen LogP contribution in [0.4, 0.5) is 5.95 Å². The number of allylic oxidation sites excluding steroid dienone is 2. The summed E-state index contributed by atoms with van der Waals surface area (Å²) in [4.78, 5) is 2.04. The predicted molar refractivity (Wildman–Crippen MR) is 79.2 cm³/mol. The minimum absolute atomic E-state index is 0.191. The Balaban J connectivity index is 2.19. The van der Waals surface area contributed by atoms with Gasteiger partial charge >= 0.3 is 0 Å². The van der Waals surface area contributed by atoms with Crippen LogP contribution >= 0.6 is 23.2 Å². The van der Waals surface area contributed by atoms with Crippen molar-refractivity contribution in [2.45, 2.75) is 19.9 Å². The maximum absolute atomic E-state index is 6.31. The van der Waals surface area contributed by atoms with Gasteiger partial charge in [-0.2, -0.15) is 4.68 Å². The van der Waals surface area contributed by atoms with Crippen molar-refractivity contribution in [3.8, 4) is 0 Å². The molecule has 104 valence electrons. The van der Waals surface area contributed by atoms with Crippen molar-refractivity contribution in [1.82, 2.24) is 20.2 Å². The topological polar surface area (TPSA) is 46.8 Å². The van der Waals surface area contributed by atoms with E-state index in [2.05, 4.69) is 28.5 Å². The fourth-order valence-electron chi connectivity index (χ4n) is 2.48. The van der Waals surface area contributed by atoms with E-state index in [9.17, 15) is 0 Å². The van der Waals surface area contributed by atoms with Gasteiger partial charge in [-0.1, -0.05) is 34.4 Å². The molecule has 0 radical (unpaired) electrons. The highest BCUT2D eigenvalue weighted by atomic mass is 35.5. The highest BCUT2D eigenvalue weighted by Crippen LogP contribution is 2.38. The second-order valence-electron chi connectivity index (χ2n) is 4.56. The molecule has 0 amide bonds. The van der Waals surface area contributed by atoms with Gasteiger partial charge in [-0.15, -0.1) is 0 Å². The Kier molecular flexibility index (Phi) is 3.40. The van der Waals surface area contributed by atoms with Crippen molar-refractivity contribution in [3.63, 3.8) is 0 Å². The van der Waals surface area contributed by atoms with E-state index < -0.39 is 0 Å². The van der Waals surface area contributed by atoms with E-state index in [4.69, 9.17) is 23.2 Å². The quantitative estimate of drug-likeness (QED) is 0.854. The van der Waals surface area contributed by atoms with Gasteiger partial charge < -0.3 is 4.90 Å². The summed E-state index contributed by atoms with van der Waals surface area (Å²) in [5.41, 5.74) is 1.90. The molecule has 0 saturated carbocycles. The van der Waals surface area contributed by atoms with Gasteiger partial charge in [-0.3, -0.25) is 0 Å². The van der Waals surface area contributed by atoms with E-state index in [-0.39, 0.29) is 6.04 Å². The van der Waals surface area contributed by atoms with Gasteiger partial charge in [0.15, 0.2) is 0 Å². The van der Waals surface area contributed by atoms with Gasteiger partial charge in [0, 0.05) is 27.9 Å². The third kappa shape index (κ3) is 1.98. The number of fused-ring (bicyclic) bond motifs is 1. The molecule has 2 aromatic rings. The smallest absolute Gasteiger partial charge is 0.250 e. The van der Waals surface area contributed by atoms with Crippen molar-refractivity contribution in [2.24, 2.45) is 0 Å². The molecule has 7 heteroatoms. The molecule has 2 heterocycles. The summed E-state index contributed by atoms with van der Waals surface area (Å²) < 4.78 is 1.74. The van der Waals surface area contributed by atoms with Crippen molar-refractivity contribution >= 4 is 29.2 Å². The van der Waals surface area contributed by atoms with Crippen LogP contribution in [-0.4, -0.2) is 26.8 Å². The molecule has 0 spiro atoms. The summed E-state index contributed by atoms with van der Waals surface area (Å²) in [6.07, 6.45) is 2.07. The molecule has 0 aliphatic carbocycles. The number of tetrazole rings is 1. The third-order valence-electron chi connectivity index (χ3n) is 3.42. The van der Waals surface area contributed by atoms with Crippen LogP contribution < -0.4 is 4.90 Å². The molecule has 1 aliphatic heterocycles. The van der Waals surface area contributed by atoms with Gasteiger partial charge in [0.05, 0.1) is 0 Å². The number of aromatic nitrogens is 4.